The molecule has 4 saturated heterocycles. The summed E-state index contributed by atoms with van der Waals surface area (Å²) in [5.41, 5.74) is 5.03. The lowest BCUT2D eigenvalue weighted by Gasteiger charge is -2.51. The van der Waals surface area contributed by atoms with Crippen LogP contribution in [0.3, 0.4) is 0 Å². The molecule has 16 nitrogen and oxygen atoms in total. The maximum Gasteiger partial charge on any atom is 0.319 e. The molecular formula is C60H64F2N10O6S. The summed E-state index contributed by atoms with van der Waals surface area (Å²) in [5, 5.41) is 22.9. The number of terminal acetylenes is 1. The van der Waals surface area contributed by atoms with Gasteiger partial charge in [-0.25, -0.2) is 13.8 Å². The number of aryl methyl sites for hydroxylation is 1. The van der Waals surface area contributed by atoms with Gasteiger partial charge in [0, 0.05) is 61.5 Å². The standard InChI is InChI=1S/C60H64F2N10O6S/c1-6-43-46(61)16-13-38-24-41(73)25-44(51(38)43)53-52(62)54-45(29-63-53)56(71-30-39-14-15-40(31-71)66-39)68-59(67-54)76-23-22-70-20-17-60(18-21-70)27-42(28-60)77-49-26-48(78-69-49)50(33(2)3)58(75)72-19-7-8-47(72)57(74)65-34(4)36-9-11-37(12-10-36)55-35(5)64-32-79-55/h1,9-13,16,24-26,29,32-34,39-40,42,47,50,66,73H,7-8,14-15,17-23,27-28,30-31H2,2-5H3,(H,65,74)/t34-,39?,40?,47-,50-/m0/s1. The number of piperazine rings is 1. The van der Waals surface area contributed by atoms with Gasteiger partial charge in [0.2, 0.25) is 11.8 Å². The summed E-state index contributed by atoms with van der Waals surface area (Å²) >= 11 is 1.60. The summed E-state index contributed by atoms with van der Waals surface area (Å²) in [6, 6.07) is 15.2. The largest absolute Gasteiger partial charge is 0.508 e. The minimum absolute atomic E-state index is 0.00627. The molecule has 1 aliphatic carbocycles. The second kappa shape index (κ2) is 21.4. The number of likely N-dealkylation sites (tertiary alicyclic amines) is 2. The van der Waals surface area contributed by atoms with Crippen molar-refractivity contribution in [3.63, 3.8) is 0 Å². The molecule has 79 heavy (non-hydrogen) atoms. The molecule has 2 amide bonds. The number of amides is 2. The van der Waals surface area contributed by atoms with Crippen molar-refractivity contribution in [1.82, 2.24) is 45.5 Å². The van der Waals surface area contributed by atoms with E-state index in [1.165, 1.54) is 30.5 Å². The van der Waals surface area contributed by atoms with Crippen LogP contribution in [0.25, 0.3) is 43.4 Å². The lowest BCUT2D eigenvalue weighted by molar-refractivity contribution is -0.141. The molecule has 410 valence electrons. The Bertz CT molecular complexity index is 3480. The van der Waals surface area contributed by atoms with E-state index < -0.39 is 23.6 Å². The molecule has 4 aromatic heterocycles. The van der Waals surface area contributed by atoms with Gasteiger partial charge in [-0.2, -0.15) is 9.97 Å². The Labute approximate surface area is 461 Å². The zero-order chi connectivity index (χ0) is 54.7. The highest BCUT2D eigenvalue weighted by molar-refractivity contribution is 7.13. The number of nitrogens with zero attached hydrogens (tertiary/aromatic N) is 8. The van der Waals surface area contributed by atoms with Crippen molar-refractivity contribution in [1.29, 1.82) is 0 Å². The number of benzene rings is 3. The maximum absolute atomic E-state index is 17.1. The molecule has 1 saturated carbocycles. The number of aromatic hydroxyl groups is 1. The number of rotatable bonds is 15. The Kier molecular flexibility index (Phi) is 14.2. The lowest BCUT2D eigenvalue weighted by Crippen LogP contribution is -2.51. The summed E-state index contributed by atoms with van der Waals surface area (Å²) in [6.07, 6.45) is 14.4. The van der Waals surface area contributed by atoms with E-state index in [2.05, 4.69) is 58.6 Å². The molecule has 3 N–H and O–H groups in total. The second-order valence-electron chi connectivity index (χ2n) is 22.7. The smallest absolute Gasteiger partial charge is 0.319 e. The average molecular weight is 1090 g/mol. The van der Waals surface area contributed by atoms with Crippen LogP contribution in [0.5, 0.6) is 17.6 Å². The van der Waals surface area contributed by atoms with Gasteiger partial charge in [-0.1, -0.05) is 50.1 Å². The molecule has 4 aliphatic heterocycles. The number of thiazole rings is 1. The van der Waals surface area contributed by atoms with E-state index in [0.29, 0.717) is 60.8 Å². The normalized spacial score (nSPS) is 20.9. The summed E-state index contributed by atoms with van der Waals surface area (Å²) in [6.45, 7) is 12.4. The van der Waals surface area contributed by atoms with Crippen molar-refractivity contribution >= 4 is 50.6 Å². The van der Waals surface area contributed by atoms with Crippen LogP contribution in [0.1, 0.15) is 107 Å². The summed E-state index contributed by atoms with van der Waals surface area (Å²) < 4.78 is 50.6. The molecular weight excluding hydrogens is 1030 g/mol. The van der Waals surface area contributed by atoms with Crippen LogP contribution in [-0.2, 0) is 9.59 Å². The number of pyridine rings is 1. The molecule has 1 spiro atoms. The molecule has 8 heterocycles. The first-order chi connectivity index (χ1) is 38.2. The average Bonchev–Trinajstić information content (AvgIpc) is 4.42. The Morgan fingerprint density at radius 2 is 1.77 bits per heavy atom. The van der Waals surface area contributed by atoms with Gasteiger partial charge in [-0.15, -0.1) is 17.8 Å². The molecule has 12 rings (SSSR count). The van der Waals surface area contributed by atoms with E-state index in [-0.39, 0.29) is 93.5 Å². The number of aromatic nitrogens is 5. The molecule has 3 aromatic carbocycles. The first-order valence-corrected chi connectivity index (χ1v) is 28.5. The quantitative estimate of drug-likeness (QED) is 0.0825. The number of hydrogen-bond acceptors (Lipinski definition) is 15. The van der Waals surface area contributed by atoms with Crippen LogP contribution in [0.4, 0.5) is 14.6 Å². The summed E-state index contributed by atoms with van der Waals surface area (Å²) in [5.74, 6) is 1.13. The van der Waals surface area contributed by atoms with Gasteiger partial charge in [0.1, 0.15) is 53.3 Å². The van der Waals surface area contributed by atoms with Crippen LogP contribution in [0.15, 0.2) is 70.8 Å². The summed E-state index contributed by atoms with van der Waals surface area (Å²) in [7, 11) is 0. The Hall–Kier alpha value is -7.27. The first-order valence-electron chi connectivity index (χ1n) is 27.6. The minimum atomic E-state index is -0.757. The van der Waals surface area contributed by atoms with Crippen molar-refractivity contribution in [2.24, 2.45) is 11.3 Å². The third-order valence-electron chi connectivity index (χ3n) is 17.1. The number of carbonyl (C=O) groups is 2. The van der Waals surface area contributed by atoms with Crippen molar-refractivity contribution in [2.75, 3.05) is 50.8 Å². The highest BCUT2D eigenvalue weighted by Crippen LogP contribution is 2.50. The van der Waals surface area contributed by atoms with E-state index in [1.807, 2.05) is 45.3 Å². The molecule has 19 heteroatoms. The van der Waals surface area contributed by atoms with Crippen molar-refractivity contribution in [3.05, 3.63) is 101 Å². The topological polar surface area (TPSA) is 184 Å². The third-order valence-corrected chi connectivity index (χ3v) is 18.1. The fourth-order valence-corrected chi connectivity index (χ4v) is 13.7. The highest BCUT2D eigenvalue weighted by Gasteiger charge is 2.48. The van der Waals surface area contributed by atoms with Gasteiger partial charge in [0.25, 0.3) is 5.88 Å². The molecule has 2 unspecified atom stereocenters. The van der Waals surface area contributed by atoms with Gasteiger partial charge in [-0.05, 0) is 130 Å². The highest BCUT2D eigenvalue weighted by atomic mass is 32.1. The van der Waals surface area contributed by atoms with Crippen molar-refractivity contribution < 1.29 is 37.5 Å². The monoisotopic (exact) mass is 1090 g/mol. The first kappa shape index (κ1) is 52.4. The SMILES string of the molecule is C#Cc1c(F)ccc2cc(O)cc(-c3ncc4c(N5CC6CCC(C5)N6)nc(OCCN5CCC6(CC5)CC(Oc5cc([C@@H](C(=O)N7CCC[C@H]7C(=O)N[C@@H](C)c7ccc(-c8scnc8C)cc7)C(C)C)on5)C6)nc4c3F)c12. The number of phenolic OH excluding ortho intramolecular Hbond substituents is 1. The zero-order valence-corrected chi connectivity index (χ0v) is 45.6. The van der Waals surface area contributed by atoms with Gasteiger partial charge < -0.3 is 39.5 Å². The Balaban J connectivity index is 0.657. The fraction of sp³-hybridized carbons (Fsp3) is 0.450. The Morgan fingerprint density at radius 1 is 1.00 bits per heavy atom. The summed E-state index contributed by atoms with van der Waals surface area (Å²) in [4.78, 5) is 53.9. The van der Waals surface area contributed by atoms with Crippen LogP contribution >= 0.6 is 11.3 Å². The lowest BCUT2D eigenvalue weighted by atomic mass is 9.61. The number of ether oxygens (including phenoxy) is 2. The van der Waals surface area contributed by atoms with E-state index in [9.17, 15) is 14.7 Å². The zero-order valence-electron chi connectivity index (χ0n) is 44.8. The predicted molar refractivity (Wildman–Crippen MR) is 297 cm³/mol. The number of anilines is 1. The van der Waals surface area contributed by atoms with Crippen LogP contribution in [0, 0.1) is 42.2 Å². The molecule has 5 aliphatic rings. The van der Waals surface area contributed by atoms with Gasteiger partial charge in [0.15, 0.2) is 11.6 Å². The molecule has 7 aromatic rings. The maximum atomic E-state index is 17.1. The van der Waals surface area contributed by atoms with Gasteiger partial charge >= 0.3 is 6.01 Å². The predicted octanol–water partition coefficient (Wildman–Crippen LogP) is 9.48. The number of fused-ring (bicyclic) bond motifs is 4. The van der Waals surface area contributed by atoms with E-state index in [1.54, 1.807) is 22.3 Å². The third kappa shape index (κ3) is 10.2. The number of piperidine rings is 1. The van der Waals surface area contributed by atoms with Crippen LogP contribution in [-0.4, -0.2) is 122 Å². The molecule has 5 fully saturated rings. The molecule has 0 radical (unpaired) electrons. The van der Waals surface area contributed by atoms with Gasteiger partial charge in [0.05, 0.1) is 33.1 Å². The fourth-order valence-electron chi connectivity index (χ4n) is 12.9. The number of halogens is 2. The van der Waals surface area contributed by atoms with E-state index in [0.717, 1.165) is 79.7 Å². The van der Waals surface area contributed by atoms with Crippen molar-refractivity contribution in [2.45, 2.75) is 115 Å². The van der Waals surface area contributed by atoms with E-state index >= 15 is 8.78 Å². The second-order valence-corrected chi connectivity index (χ2v) is 23.5. The minimum Gasteiger partial charge on any atom is -0.508 e. The number of hydrogen-bond donors (Lipinski definition) is 3. The van der Waals surface area contributed by atoms with E-state index in [4.69, 9.17) is 25.4 Å². The number of carbonyl (C=O) groups excluding carboxylic acids is 2. The number of nitrogens with one attached hydrogen (secondary N) is 2. The Morgan fingerprint density at radius 3 is 2.49 bits per heavy atom. The van der Waals surface area contributed by atoms with Crippen LogP contribution in [0.2, 0.25) is 0 Å². The van der Waals surface area contributed by atoms with Crippen LogP contribution < -0.4 is 25.0 Å². The molecule has 5 atom stereocenters. The molecule has 2 bridgehead atoms. The number of phenols is 1. The van der Waals surface area contributed by atoms with Gasteiger partial charge in [-0.3, -0.25) is 19.5 Å². The van der Waals surface area contributed by atoms with Crippen molar-refractivity contribution in [3.8, 4) is 51.7 Å².